The van der Waals surface area contributed by atoms with Crippen LogP contribution in [0.15, 0.2) is 73.1 Å². The third-order valence-electron chi connectivity index (χ3n) is 5.75. The third-order valence-corrected chi connectivity index (χ3v) is 6.06. The summed E-state index contributed by atoms with van der Waals surface area (Å²) < 4.78 is 13.3. The number of pyridine rings is 2. The van der Waals surface area contributed by atoms with E-state index >= 15 is 0 Å². The summed E-state index contributed by atoms with van der Waals surface area (Å²) in [5.74, 6) is 1.01. The van der Waals surface area contributed by atoms with Crippen molar-refractivity contribution in [2.45, 2.75) is 0 Å². The molecule has 3 heterocycles. The van der Waals surface area contributed by atoms with Gasteiger partial charge in [0.1, 0.15) is 17.5 Å². The zero-order valence-corrected chi connectivity index (χ0v) is 18.5. The fourth-order valence-electron chi connectivity index (χ4n) is 4.08. The number of hydrogen-bond acceptors (Lipinski definition) is 5. The van der Waals surface area contributed by atoms with Crippen molar-refractivity contribution in [2.24, 2.45) is 0 Å². The van der Waals surface area contributed by atoms with Crippen LogP contribution in [0.5, 0.6) is 0 Å². The number of nitrogens with zero attached hydrogens (tertiary/aromatic N) is 4. The van der Waals surface area contributed by atoms with Crippen LogP contribution in [0.25, 0.3) is 10.8 Å². The first kappa shape index (κ1) is 21.2. The molecule has 0 unspecified atom stereocenters. The summed E-state index contributed by atoms with van der Waals surface area (Å²) in [4.78, 5) is 26.6. The number of rotatable bonds is 4. The Labute approximate surface area is 195 Å². The number of nitrogens with one attached hydrogen (secondary N) is 1. The highest BCUT2D eigenvalue weighted by Crippen LogP contribution is 2.30. The second kappa shape index (κ2) is 9.03. The summed E-state index contributed by atoms with van der Waals surface area (Å²) in [6, 6.07) is 17.5. The number of carbonyl (C=O) groups is 1. The molecule has 2 aromatic carbocycles. The van der Waals surface area contributed by atoms with Gasteiger partial charge in [0, 0.05) is 44.0 Å². The molecule has 1 amide bonds. The fraction of sp³-hybridized carbons (Fsp3) is 0.160. The maximum atomic E-state index is 13.3. The Balaban J connectivity index is 1.40. The van der Waals surface area contributed by atoms with Gasteiger partial charge in [0.2, 0.25) is 0 Å². The van der Waals surface area contributed by atoms with Crippen LogP contribution < -0.4 is 15.1 Å². The van der Waals surface area contributed by atoms with Gasteiger partial charge in [-0.25, -0.2) is 14.4 Å². The summed E-state index contributed by atoms with van der Waals surface area (Å²) in [6.07, 6.45) is 3.40. The van der Waals surface area contributed by atoms with E-state index in [4.69, 9.17) is 11.6 Å². The lowest BCUT2D eigenvalue weighted by Crippen LogP contribution is -2.47. The highest BCUT2D eigenvalue weighted by atomic mass is 35.5. The van der Waals surface area contributed by atoms with E-state index in [0.717, 1.165) is 48.6 Å². The molecule has 0 spiro atoms. The minimum Gasteiger partial charge on any atom is -0.353 e. The molecule has 0 atom stereocenters. The molecule has 2 aromatic heterocycles. The zero-order valence-electron chi connectivity index (χ0n) is 17.7. The van der Waals surface area contributed by atoms with Gasteiger partial charge in [0.25, 0.3) is 5.91 Å². The first-order valence-corrected chi connectivity index (χ1v) is 11.0. The lowest BCUT2D eigenvalue weighted by molar-refractivity contribution is 0.102. The molecule has 1 saturated heterocycles. The van der Waals surface area contributed by atoms with Gasteiger partial charge in [0.15, 0.2) is 0 Å². The second-order valence-electron chi connectivity index (χ2n) is 7.78. The van der Waals surface area contributed by atoms with E-state index in [0.29, 0.717) is 11.3 Å². The predicted molar refractivity (Wildman–Crippen MR) is 130 cm³/mol. The molecular weight excluding hydrogens is 441 g/mol. The summed E-state index contributed by atoms with van der Waals surface area (Å²) in [7, 11) is 0. The molecule has 1 fully saturated rings. The van der Waals surface area contributed by atoms with Crippen LogP contribution in [0.3, 0.4) is 0 Å². The van der Waals surface area contributed by atoms with E-state index in [9.17, 15) is 9.18 Å². The van der Waals surface area contributed by atoms with Crippen molar-refractivity contribution in [1.29, 1.82) is 0 Å². The van der Waals surface area contributed by atoms with Gasteiger partial charge < -0.3 is 15.1 Å². The molecular formula is C25H21ClFN5O. The Morgan fingerprint density at radius 3 is 2.36 bits per heavy atom. The van der Waals surface area contributed by atoms with Crippen LogP contribution in [-0.4, -0.2) is 42.1 Å². The molecule has 0 radical (unpaired) electrons. The molecule has 0 bridgehead atoms. The summed E-state index contributed by atoms with van der Waals surface area (Å²) >= 11 is 6.08. The van der Waals surface area contributed by atoms with Crippen LogP contribution in [0.1, 0.15) is 10.4 Å². The van der Waals surface area contributed by atoms with Crippen molar-refractivity contribution in [2.75, 3.05) is 41.3 Å². The number of benzene rings is 2. The van der Waals surface area contributed by atoms with Gasteiger partial charge in [0.05, 0.1) is 16.3 Å². The average molecular weight is 462 g/mol. The zero-order chi connectivity index (χ0) is 22.8. The van der Waals surface area contributed by atoms with Crippen LogP contribution in [0, 0.1) is 5.82 Å². The van der Waals surface area contributed by atoms with E-state index < -0.39 is 5.82 Å². The van der Waals surface area contributed by atoms with Crippen LogP contribution in [0.2, 0.25) is 5.02 Å². The summed E-state index contributed by atoms with van der Waals surface area (Å²) in [6.45, 7) is 3.26. The second-order valence-corrected chi connectivity index (χ2v) is 8.19. The molecule has 1 aliphatic rings. The SMILES string of the molecule is O=C(Nc1ccc(F)cc1Cl)c1cnc(N2CCN(c3ccccn3)CC2)c2ccccc12. The van der Waals surface area contributed by atoms with Crippen molar-refractivity contribution in [3.63, 3.8) is 0 Å². The monoisotopic (exact) mass is 461 g/mol. The number of hydrogen-bond donors (Lipinski definition) is 1. The number of piperazine rings is 1. The number of carbonyl (C=O) groups excluding carboxylic acids is 1. The first-order chi connectivity index (χ1) is 16.1. The lowest BCUT2D eigenvalue weighted by atomic mass is 10.1. The van der Waals surface area contributed by atoms with Crippen LogP contribution in [-0.2, 0) is 0 Å². The van der Waals surface area contributed by atoms with Gasteiger partial charge in [-0.1, -0.05) is 41.9 Å². The van der Waals surface area contributed by atoms with Crippen LogP contribution >= 0.6 is 11.6 Å². The molecule has 6 nitrogen and oxygen atoms in total. The Kier molecular flexibility index (Phi) is 5.79. The highest BCUT2D eigenvalue weighted by molar-refractivity contribution is 6.34. The normalized spacial score (nSPS) is 13.9. The van der Waals surface area contributed by atoms with Gasteiger partial charge in [-0.3, -0.25) is 4.79 Å². The number of amides is 1. The first-order valence-electron chi connectivity index (χ1n) is 10.7. The third kappa shape index (κ3) is 4.32. The van der Waals surface area contributed by atoms with Gasteiger partial charge >= 0.3 is 0 Å². The molecule has 0 saturated carbocycles. The number of halogens is 2. The maximum absolute atomic E-state index is 13.3. The fourth-order valence-corrected chi connectivity index (χ4v) is 4.29. The number of aromatic nitrogens is 2. The van der Waals surface area contributed by atoms with Crippen molar-refractivity contribution >= 4 is 45.6 Å². The van der Waals surface area contributed by atoms with Crippen molar-refractivity contribution < 1.29 is 9.18 Å². The largest absolute Gasteiger partial charge is 0.353 e. The van der Waals surface area contributed by atoms with Crippen molar-refractivity contribution in [3.05, 3.63) is 89.5 Å². The lowest BCUT2D eigenvalue weighted by Gasteiger charge is -2.36. The average Bonchev–Trinajstić information content (AvgIpc) is 2.86. The molecule has 166 valence electrons. The summed E-state index contributed by atoms with van der Waals surface area (Å²) in [5.41, 5.74) is 0.781. The Morgan fingerprint density at radius 2 is 1.64 bits per heavy atom. The highest BCUT2D eigenvalue weighted by Gasteiger charge is 2.22. The summed E-state index contributed by atoms with van der Waals surface area (Å²) in [5, 5.41) is 4.61. The smallest absolute Gasteiger partial charge is 0.257 e. The van der Waals surface area contributed by atoms with Crippen molar-refractivity contribution in [3.8, 4) is 0 Å². The molecule has 4 aromatic rings. The molecule has 33 heavy (non-hydrogen) atoms. The van der Waals surface area contributed by atoms with Gasteiger partial charge in [-0.15, -0.1) is 0 Å². The molecule has 1 N–H and O–H groups in total. The molecule has 0 aliphatic carbocycles. The number of fused-ring (bicyclic) bond motifs is 1. The standard InChI is InChI=1S/C25H21ClFN5O/c26-21-15-17(27)8-9-22(21)30-25(33)20-16-29-24(19-6-2-1-5-18(19)20)32-13-11-31(12-14-32)23-7-3-4-10-28-23/h1-10,15-16H,11-14H2,(H,30,33). The molecule has 1 aliphatic heterocycles. The van der Waals surface area contributed by atoms with E-state index in [1.165, 1.54) is 18.2 Å². The Bertz CT molecular complexity index is 1310. The van der Waals surface area contributed by atoms with Gasteiger partial charge in [-0.2, -0.15) is 0 Å². The van der Waals surface area contributed by atoms with Crippen molar-refractivity contribution in [1.82, 2.24) is 9.97 Å². The van der Waals surface area contributed by atoms with E-state index in [1.807, 2.05) is 42.5 Å². The Hall–Kier alpha value is -3.71. The molecule has 5 rings (SSSR count). The topological polar surface area (TPSA) is 61.4 Å². The molecule has 8 heteroatoms. The van der Waals surface area contributed by atoms with Gasteiger partial charge in [-0.05, 0) is 35.7 Å². The Morgan fingerprint density at radius 1 is 0.909 bits per heavy atom. The van der Waals surface area contributed by atoms with E-state index in [2.05, 4.69) is 25.1 Å². The minimum atomic E-state index is -0.461. The van der Waals surface area contributed by atoms with E-state index in [-0.39, 0.29) is 10.9 Å². The maximum Gasteiger partial charge on any atom is 0.257 e. The minimum absolute atomic E-state index is 0.142. The predicted octanol–water partition coefficient (Wildman–Crippen LogP) is 5.00. The van der Waals surface area contributed by atoms with E-state index in [1.54, 1.807) is 12.4 Å². The number of anilines is 3. The quantitative estimate of drug-likeness (QED) is 0.463. The van der Waals surface area contributed by atoms with Crippen LogP contribution in [0.4, 0.5) is 21.7 Å².